The number of carbonyl (C=O) groups excluding carboxylic acids is 1. The van der Waals surface area contributed by atoms with Gasteiger partial charge in [0, 0.05) is 19.3 Å². The average Bonchev–Trinajstić information content (AvgIpc) is 2.49. The fraction of sp³-hybridized carbons (Fsp3) is 0.562. The number of hydrogen-bond donors (Lipinski definition) is 1. The summed E-state index contributed by atoms with van der Waals surface area (Å²) in [6, 6.07) is 1.13. The number of alkyl halides is 1. The van der Waals surface area contributed by atoms with E-state index in [1.165, 1.54) is 0 Å². The molecule has 130 valence electrons. The quantitative estimate of drug-likeness (QED) is 0.668. The van der Waals surface area contributed by atoms with Gasteiger partial charge in [-0.05, 0) is 45.5 Å². The fourth-order valence-electron chi connectivity index (χ4n) is 2.52. The zero-order valence-electron chi connectivity index (χ0n) is 14.0. The second-order valence-corrected chi connectivity index (χ2v) is 6.75. The molecular weight excluding hydrogens is 331 g/mol. The number of thiocarbonyl (C=S) groups is 1. The van der Waals surface area contributed by atoms with E-state index in [0.717, 1.165) is 5.69 Å². The van der Waals surface area contributed by atoms with Gasteiger partial charge in [0.2, 0.25) is 0 Å². The van der Waals surface area contributed by atoms with Crippen molar-refractivity contribution in [1.29, 1.82) is 0 Å². The van der Waals surface area contributed by atoms with Crippen molar-refractivity contribution in [1.82, 2.24) is 10.3 Å². The predicted molar refractivity (Wildman–Crippen MR) is 93.8 cm³/mol. The summed E-state index contributed by atoms with van der Waals surface area (Å²) in [5.74, 6) is 0. The zero-order valence-corrected chi connectivity index (χ0v) is 14.8. The van der Waals surface area contributed by atoms with E-state index in [9.17, 15) is 9.18 Å². The normalized spacial score (nSPS) is 20.9. The van der Waals surface area contributed by atoms with E-state index in [1.54, 1.807) is 39.2 Å². The first kappa shape index (κ1) is 18.3. The first-order valence-corrected chi connectivity index (χ1v) is 8.11. The Morgan fingerprint density at radius 1 is 1.58 bits per heavy atom. The summed E-state index contributed by atoms with van der Waals surface area (Å²) < 4.78 is 19.4. The van der Waals surface area contributed by atoms with E-state index in [0.29, 0.717) is 25.2 Å². The summed E-state index contributed by atoms with van der Waals surface area (Å²) in [4.78, 5) is 21.9. The molecule has 2 heterocycles. The molecule has 8 heteroatoms. The molecule has 1 saturated heterocycles. The van der Waals surface area contributed by atoms with Gasteiger partial charge in [0.1, 0.15) is 17.5 Å². The molecular formula is C16H21FN4O2S. The highest BCUT2D eigenvalue weighted by atomic mass is 32.1. The Labute approximate surface area is 146 Å². The van der Waals surface area contributed by atoms with Crippen molar-refractivity contribution in [3.8, 4) is 0 Å². The molecule has 0 radical (unpaired) electrons. The minimum absolute atomic E-state index is 0.295. The topological polar surface area (TPSA) is 66.8 Å². The van der Waals surface area contributed by atoms with Gasteiger partial charge in [0.15, 0.2) is 0 Å². The Balaban J connectivity index is 2.11. The number of hydrogen-bond acceptors (Lipinski definition) is 6. The van der Waals surface area contributed by atoms with Crippen LogP contribution in [-0.2, 0) is 4.74 Å². The van der Waals surface area contributed by atoms with Gasteiger partial charge in [0.25, 0.3) is 0 Å². The molecule has 1 aromatic rings. The Morgan fingerprint density at radius 3 is 3.00 bits per heavy atom. The van der Waals surface area contributed by atoms with Gasteiger partial charge in [0.05, 0.1) is 23.1 Å². The second-order valence-electron chi connectivity index (χ2n) is 6.57. The van der Waals surface area contributed by atoms with Crippen LogP contribution >= 0.6 is 12.2 Å². The molecule has 0 aromatic carbocycles. The van der Waals surface area contributed by atoms with Crippen LogP contribution in [0.15, 0.2) is 23.5 Å². The lowest BCUT2D eigenvalue weighted by Gasteiger charge is -2.37. The fourth-order valence-corrected chi connectivity index (χ4v) is 2.62. The molecule has 1 fully saturated rings. The highest BCUT2D eigenvalue weighted by Gasteiger charge is 2.32. The van der Waals surface area contributed by atoms with Crippen molar-refractivity contribution in [2.75, 3.05) is 18.0 Å². The molecule has 1 aliphatic heterocycles. The number of halogens is 1. The molecule has 1 amide bonds. The molecule has 0 saturated carbocycles. The largest absolute Gasteiger partial charge is 0.444 e. The van der Waals surface area contributed by atoms with Crippen LogP contribution in [0.3, 0.4) is 0 Å². The lowest BCUT2D eigenvalue weighted by atomic mass is 10.0. The van der Waals surface area contributed by atoms with Gasteiger partial charge in [-0.2, -0.15) is 4.99 Å². The van der Waals surface area contributed by atoms with Crippen molar-refractivity contribution in [2.24, 2.45) is 4.99 Å². The molecule has 2 atom stereocenters. The molecule has 0 spiro atoms. The standard InChI is InChI=1S/C16H21FN4O2S/c1-16(2,3)23-15(22)20-13-9-21(7-5-11(13)17)14-4-6-18-8-12(14)19-10-24/h4,6,8,11,13H,5,7,9H2,1-3H3,(H,20,22). The van der Waals surface area contributed by atoms with Crippen LogP contribution in [0, 0.1) is 0 Å². The van der Waals surface area contributed by atoms with E-state index in [2.05, 4.69) is 32.7 Å². The summed E-state index contributed by atoms with van der Waals surface area (Å²) in [7, 11) is 0. The molecule has 6 nitrogen and oxygen atoms in total. The maximum absolute atomic E-state index is 14.2. The molecule has 1 aromatic heterocycles. The maximum atomic E-state index is 14.2. The molecule has 1 aliphatic rings. The van der Waals surface area contributed by atoms with Crippen LogP contribution in [0.25, 0.3) is 0 Å². The van der Waals surface area contributed by atoms with Crippen molar-refractivity contribution in [2.45, 2.75) is 45.0 Å². The number of rotatable bonds is 3. The molecule has 0 bridgehead atoms. The van der Waals surface area contributed by atoms with Crippen LogP contribution in [0.5, 0.6) is 0 Å². The first-order chi connectivity index (χ1) is 11.3. The minimum atomic E-state index is -1.13. The number of alkyl carbamates (subject to hydrolysis) is 1. The number of nitrogens with one attached hydrogen (secondary N) is 1. The SMILES string of the molecule is CC(C)(C)OC(=O)NC1CN(c2ccncc2N=C=S)CCC1F. The number of aliphatic imine (C=N–C) groups is 1. The Morgan fingerprint density at radius 2 is 2.33 bits per heavy atom. The van der Waals surface area contributed by atoms with Crippen molar-refractivity contribution in [3.63, 3.8) is 0 Å². The minimum Gasteiger partial charge on any atom is -0.444 e. The van der Waals surface area contributed by atoms with Crippen LogP contribution in [0.1, 0.15) is 27.2 Å². The number of amides is 1. The van der Waals surface area contributed by atoms with Crippen LogP contribution < -0.4 is 10.2 Å². The number of ether oxygens (including phenoxy) is 1. The average molecular weight is 352 g/mol. The van der Waals surface area contributed by atoms with Crippen molar-refractivity contribution < 1.29 is 13.9 Å². The Bertz CT molecular complexity index is 643. The summed E-state index contributed by atoms with van der Waals surface area (Å²) in [6.45, 7) is 6.11. The third kappa shape index (κ3) is 4.97. The molecule has 24 heavy (non-hydrogen) atoms. The van der Waals surface area contributed by atoms with Crippen LogP contribution in [-0.4, -0.2) is 47.1 Å². The van der Waals surface area contributed by atoms with Gasteiger partial charge < -0.3 is 15.0 Å². The highest BCUT2D eigenvalue weighted by molar-refractivity contribution is 7.78. The maximum Gasteiger partial charge on any atom is 0.408 e. The van der Waals surface area contributed by atoms with Crippen LogP contribution in [0.2, 0.25) is 0 Å². The van der Waals surface area contributed by atoms with Gasteiger partial charge in [-0.3, -0.25) is 4.98 Å². The number of piperidine rings is 1. The summed E-state index contributed by atoms with van der Waals surface area (Å²) in [6.07, 6.45) is 1.75. The highest BCUT2D eigenvalue weighted by Crippen LogP contribution is 2.30. The summed E-state index contributed by atoms with van der Waals surface area (Å²) in [5.41, 5.74) is 0.724. The van der Waals surface area contributed by atoms with E-state index in [4.69, 9.17) is 4.74 Å². The van der Waals surface area contributed by atoms with E-state index < -0.39 is 23.9 Å². The number of nitrogens with zero attached hydrogens (tertiary/aromatic N) is 3. The molecule has 0 aliphatic carbocycles. The van der Waals surface area contributed by atoms with E-state index in [-0.39, 0.29) is 0 Å². The lowest BCUT2D eigenvalue weighted by molar-refractivity contribution is 0.0466. The van der Waals surface area contributed by atoms with Crippen molar-refractivity contribution >= 4 is 34.8 Å². The lowest BCUT2D eigenvalue weighted by Crippen LogP contribution is -2.54. The Hall–Kier alpha value is -2.05. The third-order valence-corrected chi connectivity index (χ3v) is 3.61. The number of anilines is 1. The van der Waals surface area contributed by atoms with Crippen LogP contribution in [0.4, 0.5) is 20.6 Å². The summed E-state index contributed by atoms with van der Waals surface area (Å²) >= 11 is 4.65. The number of carbonyl (C=O) groups is 1. The summed E-state index contributed by atoms with van der Waals surface area (Å²) in [5, 5.41) is 4.94. The molecule has 1 N–H and O–H groups in total. The van der Waals surface area contributed by atoms with Gasteiger partial charge in [-0.15, -0.1) is 0 Å². The van der Waals surface area contributed by atoms with Crippen molar-refractivity contribution in [3.05, 3.63) is 18.5 Å². The molecule has 2 unspecified atom stereocenters. The van der Waals surface area contributed by atoms with E-state index in [1.807, 2.05) is 4.90 Å². The van der Waals surface area contributed by atoms with E-state index >= 15 is 0 Å². The number of pyridine rings is 1. The predicted octanol–water partition coefficient (Wildman–Crippen LogP) is 3.26. The third-order valence-electron chi connectivity index (χ3n) is 3.52. The zero-order chi connectivity index (χ0) is 17.7. The molecule has 2 rings (SSSR count). The number of isothiocyanates is 1. The smallest absolute Gasteiger partial charge is 0.408 e. The van der Waals surface area contributed by atoms with Gasteiger partial charge >= 0.3 is 6.09 Å². The monoisotopic (exact) mass is 352 g/mol. The Kier molecular flexibility index (Phi) is 5.85. The second kappa shape index (κ2) is 7.68. The first-order valence-electron chi connectivity index (χ1n) is 7.70. The number of aromatic nitrogens is 1. The van der Waals surface area contributed by atoms with Gasteiger partial charge in [-0.25, -0.2) is 9.18 Å². The van der Waals surface area contributed by atoms with Gasteiger partial charge in [-0.1, -0.05) is 0 Å².